The summed E-state index contributed by atoms with van der Waals surface area (Å²) in [4.78, 5) is 19.9. The molecule has 0 unspecified atom stereocenters. The Morgan fingerprint density at radius 2 is 1.78 bits per heavy atom. The largest absolute Gasteiger partial charge is 0.371 e. The Balaban J connectivity index is 1.23. The van der Waals surface area contributed by atoms with Crippen LogP contribution in [0.5, 0.6) is 0 Å². The normalized spacial score (nSPS) is 19.8. The summed E-state index contributed by atoms with van der Waals surface area (Å²) in [6.45, 7) is 9.03. The summed E-state index contributed by atoms with van der Waals surface area (Å²) in [5.74, 6) is 1.28. The lowest BCUT2D eigenvalue weighted by Crippen LogP contribution is -2.36. The number of nitrogens with one attached hydrogen (secondary N) is 1. The number of ether oxygens (including phenoxy) is 2. The van der Waals surface area contributed by atoms with Crippen molar-refractivity contribution in [1.82, 2.24) is 24.5 Å². The highest BCUT2D eigenvalue weighted by Crippen LogP contribution is 2.29. The SMILES string of the molecule is Cc1nc2ccc(-c3nc(Nc4ccc(N5C[C@@H]6OCCO[C@@H]6C5)cn4)ncc3F)cc2n1C(C)C. The van der Waals surface area contributed by atoms with Crippen LogP contribution in [0.2, 0.25) is 0 Å². The lowest BCUT2D eigenvalue weighted by Gasteiger charge is -2.24. The van der Waals surface area contributed by atoms with Crippen LogP contribution < -0.4 is 10.2 Å². The smallest absolute Gasteiger partial charge is 0.229 e. The Morgan fingerprint density at radius 3 is 2.47 bits per heavy atom. The minimum Gasteiger partial charge on any atom is -0.371 e. The first-order valence-corrected chi connectivity index (χ1v) is 12.2. The van der Waals surface area contributed by atoms with Crippen molar-refractivity contribution in [1.29, 1.82) is 0 Å². The number of pyridine rings is 1. The molecule has 6 rings (SSSR count). The molecule has 4 aromatic rings. The molecule has 2 saturated heterocycles. The maximum Gasteiger partial charge on any atom is 0.229 e. The zero-order valence-electron chi connectivity index (χ0n) is 20.5. The highest BCUT2D eigenvalue weighted by Gasteiger charge is 2.36. The molecule has 3 aromatic heterocycles. The second-order valence-corrected chi connectivity index (χ2v) is 9.47. The van der Waals surface area contributed by atoms with E-state index in [1.807, 2.05) is 37.3 Å². The number of nitrogens with zero attached hydrogens (tertiary/aromatic N) is 6. The highest BCUT2D eigenvalue weighted by molar-refractivity contribution is 5.82. The van der Waals surface area contributed by atoms with E-state index < -0.39 is 5.82 Å². The fourth-order valence-electron chi connectivity index (χ4n) is 5.08. The van der Waals surface area contributed by atoms with Crippen LogP contribution in [0, 0.1) is 12.7 Å². The molecular formula is C26H28FN7O2. The number of rotatable bonds is 5. The zero-order valence-corrected chi connectivity index (χ0v) is 20.5. The summed E-state index contributed by atoms with van der Waals surface area (Å²) in [5, 5.41) is 3.09. The van der Waals surface area contributed by atoms with E-state index in [1.165, 1.54) is 6.20 Å². The average molecular weight is 490 g/mol. The van der Waals surface area contributed by atoms with Gasteiger partial charge in [-0.1, -0.05) is 6.07 Å². The van der Waals surface area contributed by atoms with E-state index in [4.69, 9.17) is 9.47 Å². The quantitative estimate of drug-likeness (QED) is 0.445. The molecule has 2 aliphatic rings. The third-order valence-corrected chi connectivity index (χ3v) is 6.72. The van der Waals surface area contributed by atoms with Gasteiger partial charge in [0.1, 0.15) is 29.5 Å². The third kappa shape index (κ3) is 4.16. The van der Waals surface area contributed by atoms with Gasteiger partial charge < -0.3 is 24.3 Å². The van der Waals surface area contributed by atoms with Crippen LogP contribution >= 0.6 is 0 Å². The Hall–Kier alpha value is -3.63. The molecule has 1 aromatic carbocycles. The summed E-state index contributed by atoms with van der Waals surface area (Å²) in [6, 6.07) is 9.75. The van der Waals surface area contributed by atoms with E-state index in [1.54, 1.807) is 6.20 Å². The fourth-order valence-corrected chi connectivity index (χ4v) is 5.08. The summed E-state index contributed by atoms with van der Waals surface area (Å²) >= 11 is 0. The van der Waals surface area contributed by atoms with Crippen LogP contribution in [-0.4, -0.2) is 63.0 Å². The number of hydrogen-bond acceptors (Lipinski definition) is 8. The molecule has 0 saturated carbocycles. The molecule has 2 atom stereocenters. The number of anilines is 3. The van der Waals surface area contributed by atoms with Gasteiger partial charge in [0, 0.05) is 24.7 Å². The summed E-state index contributed by atoms with van der Waals surface area (Å²) in [5.41, 5.74) is 3.70. The van der Waals surface area contributed by atoms with Gasteiger partial charge in [-0.05, 0) is 45.0 Å². The summed E-state index contributed by atoms with van der Waals surface area (Å²) in [6.07, 6.45) is 3.18. The van der Waals surface area contributed by atoms with Crippen LogP contribution in [0.1, 0.15) is 25.7 Å². The molecule has 2 fully saturated rings. The predicted octanol–water partition coefficient (Wildman–Crippen LogP) is 4.26. The number of fused-ring (bicyclic) bond motifs is 2. The van der Waals surface area contributed by atoms with Gasteiger partial charge in [0.05, 0.1) is 42.3 Å². The van der Waals surface area contributed by atoms with E-state index in [2.05, 4.69) is 48.6 Å². The summed E-state index contributed by atoms with van der Waals surface area (Å²) < 4.78 is 28.5. The molecule has 36 heavy (non-hydrogen) atoms. The van der Waals surface area contributed by atoms with Crippen LogP contribution in [0.4, 0.5) is 21.8 Å². The number of halogens is 1. The third-order valence-electron chi connectivity index (χ3n) is 6.72. The van der Waals surface area contributed by atoms with Crippen LogP contribution in [0.15, 0.2) is 42.7 Å². The molecule has 0 bridgehead atoms. The van der Waals surface area contributed by atoms with Crippen LogP contribution in [0.3, 0.4) is 0 Å². The average Bonchev–Trinajstić information content (AvgIpc) is 3.45. The monoisotopic (exact) mass is 489 g/mol. The minimum absolute atomic E-state index is 0.102. The lowest BCUT2D eigenvalue weighted by atomic mass is 10.1. The van der Waals surface area contributed by atoms with Gasteiger partial charge >= 0.3 is 0 Å². The van der Waals surface area contributed by atoms with Crippen molar-refractivity contribution in [3.05, 3.63) is 54.4 Å². The fraction of sp³-hybridized carbons (Fsp3) is 0.385. The van der Waals surface area contributed by atoms with Crippen LogP contribution in [-0.2, 0) is 9.47 Å². The Bertz CT molecular complexity index is 1390. The molecule has 0 aliphatic carbocycles. The van der Waals surface area contributed by atoms with Gasteiger partial charge in [-0.25, -0.2) is 24.3 Å². The van der Waals surface area contributed by atoms with E-state index in [-0.39, 0.29) is 29.9 Å². The molecule has 5 heterocycles. The topological polar surface area (TPSA) is 90.2 Å². The first kappa shape index (κ1) is 22.8. The number of imidazole rings is 1. The van der Waals surface area contributed by atoms with Crippen molar-refractivity contribution >= 4 is 28.5 Å². The number of hydrogen-bond donors (Lipinski definition) is 1. The molecule has 2 aliphatic heterocycles. The summed E-state index contributed by atoms with van der Waals surface area (Å²) in [7, 11) is 0. The molecule has 186 valence electrons. The van der Waals surface area contributed by atoms with Crippen molar-refractivity contribution in [3.8, 4) is 11.3 Å². The molecule has 1 N–H and O–H groups in total. The molecular weight excluding hydrogens is 461 g/mol. The molecule has 0 amide bonds. The number of benzene rings is 1. The van der Waals surface area contributed by atoms with E-state index in [0.717, 1.165) is 35.6 Å². The van der Waals surface area contributed by atoms with Crippen molar-refractivity contribution in [3.63, 3.8) is 0 Å². The van der Waals surface area contributed by atoms with Gasteiger partial charge in [0.25, 0.3) is 0 Å². The van der Waals surface area contributed by atoms with Crippen molar-refractivity contribution < 1.29 is 13.9 Å². The van der Waals surface area contributed by atoms with Crippen LogP contribution in [0.25, 0.3) is 22.3 Å². The molecule has 9 nitrogen and oxygen atoms in total. The van der Waals surface area contributed by atoms with Crippen molar-refractivity contribution in [2.75, 3.05) is 36.5 Å². The standard InChI is InChI=1S/C26H28FN7O2/c1-15(2)34-16(3)30-20-6-4-17(10-21(20)34)25-19(27)12-29-26(32-25)31-24-7-5-18(11-28-24)33-13-22-23(14-33)36-9-8-35-22/h4-7,10-12,15,22-23H,8-9,13-14H2,1-3H3,(H,28,29,31,32)/t22-,23+. The van der Waals surface area contributed by atoms with Gasteiger partial charge in [-0.2, -0.15) is 0 Å². The van der Waals surface area contributed by atoms with E-state index in [0.29, 0.717) is 24.6 Å². The highest BCUT2D eigenvalue weighted by atomic mass is 19.1. The second kappa shape index (κ2) is 9.11. The zero-order chi connectivity index (χ0) is 24.8. The molecule has 0 spiro atoms. The maximum atomic E-state index is 14.8. The maximum absolute atomic E-state index is 14.8. The van der Waals surface area contributed by atoms with Gasteiger partial charge in [0.15, 0.2) is 5.82 Å². The molecule has 0 radical (unpaired) electrons. The van der Waals surface area contributed by atoms with Gasteiger partial charge in [-0.3, -0.25) is 0 Å². The number of aromatic nitrogens is 5. The Kier molecular flexibility index (Phi) is 5.77. The lowest BCUT2D eigenvalue weighted by molar-refractivity contribution is -0.116. The van der Waals surface area contributed by atoms with Crippen molar-refractivity contribution in [2.24, 2.45) is 0 Å². The van der Waals surface area contributed by atoms with Gasteiger partial charge in [0.2, 0.25) is 5.95 Å². The Labute approximate surface area is 208 Å². The second-order valence-electron chi connectivity index (χ2n) is 9.47. The Morgan fingerprint density at radius 1 is 1.00 bits per heavy atom. The predicted molar refractivity (Wildman–Crippen MR) is 135 cm³/mol. The first-order valence-electron chi connectivity index (χ1n) is 12.2. The number of aryl methyl sites for hydroxylation is 1. The van der Waals surface area contributed by atoms with E-state index in [9.17, 15) is 4.39 Å². The molecule has 10 heteroatoms. The minimum atomic E-state index is -0.490. The van der Waals surface area contributed by atoms with E-state index >= 15 is 0 Å². The van der Waals surface area contributed by atoms with Gasteiger partial charge in [-0.15, -0.1) is 0 Å². The van der Waals surface area contributed by atoms with Crippen molar-refractivity contribution in [2.45, 2.75) is 39.0 Å². The first-order chi connectivity index (χ1) is 17.5.